The van der Waals surface area contributed by atoms with Gasteiger partial charge in [-0.25, -0.2) is 0 Å². The zero-order chi connectivity index (χ0) is 13.3. The lowest BCUT2D eigenvalue weighted by Gasteiger charge is -2.43. The molecule has 1 N–H and O–H groups in total. The van der Waals surface area contributed by atoms with Crippen LogP contribution in [0.25, 0.3) is 0 Å². The van der Waals surface area contributed by atoms with Crippen molar-refractivity contribution < 1.29 is 0 Å². The van der Waals surface area contributed by atoms with Gasteiger partial charge in [0.1, 0.15) is 0 Å². The maximum absolute atomic E-state index is 3.78. The normalized spacial score (nSPS) is 12.4. The van der Waals surface area contributed by atoms with E-state index in [2.05, 4.69) is 71.6 Å². The molecule has 1 heteroatoms. The van der Waals surface area contributed by atoms with Gasteiger partial charge in [-0.2, -0.15) is 0 Å². The number of hydrogen-bond donors (Lipinski definition) is 1. The first-order valence-electron chi connectivity index (χ1n) is 6.18. The lowest BCUT2D eigenvalue weighted by Crippen LogP contribution is -2.51. The monoisotopic (exact) mass is 231 g/mol. The minimum atomic E-state index is -0.0328. The molecule has 0 spiro atoms. The van der Waals surface area contributed by atoms with Crippen molar-refractivity contribution in [1.82, 2.24) is 5.32 Å². The van der Waals surface area contributed by atoms with Crippen molar-refractivity contribution in [2.75, 3.05) is 0 Å². The van der Waals surface area contributed by atoms with Gasteiger partial charge in [0.15, 0.2) is 0 Å². The minimum Gasteiger partial charge on any atom is -0.386 e. The van der Waals surface area contributed by atoms with E-state index in [0.717, 1.165) is 0 Å². The van der Waals surface area contributed by atoms with Crippen LogP contribution >= 0.6 is 0 Å². The van der Waals surface area contributed by atoms with E-state index in [0.29, 0.717) is 0 Å². The molecule has 0 aromatic heterocycles. The third-order valence-corrected chi connectivity index (χ3v) is 3.97. The molecule has 0 bridgehead atoms. The molecule has 0 saturated carbocycles. The van der Waals surface area contributed by atoms with Crippen molar-refractivity contribution in [3.63, 3.8) is 0 Å². The van der Waals surface area contributed by atoms with E-state index in [4.69, 9.17) is 0 Å². The van der Waals surface area contributed by atoms with E-state index < -0.39 is 0 Å². The molecule has 1 aromatic rings. The summed E-state index contributed by atoms with van der Waals surface area (Å²) in [5.41, 5.74) is 4.02. The van der Waals surface area contributed by atoms with Crippen LogP contribution in [0.2, 0.25) is 0 Å². The van der Waals surface area contributed by atoms with Gasteiger partial charge in [-0.1, -0.05) is 49.8 Å². The molecule has 1 nitrogen and oxygen atoms in total. The Hall–Kier alpha value is -1.24. The molecule has 0 amide bonds. The van der Waals surface area contributed by atoms with Crippen LogP contribution in [0.4, 0.5) is 0 Å². The Labute approximate surface area is 106 Å². The second-order valence-electron chi connectivity index (χ2n) is 5.97. The second-order valence-corrected chi connectivity index (χ2v) is 5.97. The quantitative estimate of drug-likeness (QED) is 0.823. The molecule has 0 unspecified atom stereocenters. The third-order valence-electron chi connectivity index (χ3n) is 3.97. The van der Waals surface area contributed by atoms with Crippen molar-refractivity contribution in [1.29, 1.82) is 0 Å². The Balaban J connectivity index is 3.24. The Kier molecular flexibility index (Phi) is 3.71. The summed E-state index contributed by atoms with van der Waals surface area (Å²) in [5.74, 6) is 0. The summed E-state index contributed by atoms with van der Waals surface area (Å²) in [6.45, 7) is 17.1. The fraction of sp³-hybridized carbons (Fsp3) is 0.500. The molecule has 0 fully saturated rings. The Morgan fingerprint density at radius 2 is 1.47 bits per heavy atom. The SMILES string of the molecule is C=CNC(C)(C)C(C)(C)c1cc(C)cc(C)c1. The van der Waals surface area contributed by atoms with Gasteiger partial charge in [0.05, 0.1) is 0 Å². The zero-order valence-electron chi connectivity index (χ0n) is 12.0. The van der Waals surface area contributed by atoms with Crippen molar-refractivity contribution >= 4 is 0 Å². The number of benzene rings is 1. The van der Waals surface area contributed by atoms with Crippen LogP contribution in [0.5, 0.6) is 0 Å². The first-order valence-corrected chi connectivity index (χ1v) is 6.18. The maximum Gasteiger partial charge on any atom is 0.0402 e. The second kappa shape index (κ2) is 4.56. The number of rotatable bonds is 4. The molecular weight excluding hydrogens is 206 g/mol. The molecule has 1 aromatic carbocycles. The van der Waals surface area contributed by atoms with Gasteiger partial charge in [0.2, 0.25) is 0 Å². The summed E-state index contributed by atoms with van der Waals surface area (Å²) >= 11 is 0. The van der Waals surface area contributed by atoms with Gasteiger partial charge in [-0.3, -0.25) is 0 Å². The van der Waals surface area contributed by atoms with Gasteiger partial charge in [0, 0.05) is 11.0 Å². The van der Waals surface area contributed by atoms with Crippen LogP contribution in [0, 0.1) is 13.8 Å². The first-order chi connectivity index (χ1) is 7.70. The summed E-state index contributed by atoms with van der Waals surface area (Å²) in [7, 11) is 0. The third kappa shape index (κ3) is 2.71. The zero-order valence-corrected chi connectivity index (χ0v) is 12.0. The summed E-state index contributed by atoms with van der Waals surface area (Å²) in [6.07, 6.45) is 1.78. The largest absolute Gasteiger partial charge is 0.386 e. The van der Waals surface area contributed by atoms with Gasteiger partial charge < -0.3 is 5.32 Å². The number of nitrogens with one attached hydrogen (secondary N) is 1. The van der Waals surface area contributed by atoms with Crippen LogP contribution in [0.1, 0.15) is 44.4 Å². The van der Waals surface area contributed by atoms with Crippen LogP contribution in [0.15, 0.2) is 31.0 Å². The van der Waals surface area contributed by atoms with Crippen molar-refractivity contribution in [3.8, 4) is 0 Å². The molecule has 0 aliphatic rings. The van der Waals surface area contributed by atoms with Crippen molar-refractivity contribution in [3.05, 3.63) is 47.7 Å². The van der Waals surface area contributed by atoms with E-state index in [9.17, 15) is 0 Å². The standard InChI is InChI=1S/C16H25N/c1-8-17-16(6,7)15(4,5)14-10-12(2)9-13(3)11-14/h8-11,17H,1H2,2-7H3. The summed E-state index contributed by atoms with van der Waals surface area (Å²) in [6, 6.07) is 6.77. The van der Waals surface area contributed by atoms with Gasteiger partial charge in [-0.15, -0.1) is 0 Å². The molecule has 17 heavy (non-hydrogen) atoms. The minimum absolute atomic E-state index is 0.0328. The fourth-order valence-corrected chi connectivity index (χ4v) is 2.13. The van der Waals surface area contributed by atoms with Crippen LogP contribution < -0.4 is 5.32 Å². The molecule has 94 valence electrons. The van der Waals surface area contributed by atoms with Crippen molar-refractivity contribution in [2.24, 2.45) is 0 Å². The lowest BCUT2D eigenvalue weighted by atomic mass is 9.69. The van der Waals surface area contributed by atoms with Crippen molar-refractivity contribution in [2.45, 2.75) is 52.5 Å². The van der Waals surface area contributed by atoms with Gasteiger partial charge in [-0.05, 0) is 39.5 Å². The molecule has 0 saturated heterocycles. The first kappa shape index (κ1) is 13.8. The highest BCUT2D eigenvalue weighted by Gasteiger charge is 2.37. The van der Waals surface area contributed by atoms with E-state index in [-0.39, 0.29) is 11.0 Å². The van der Waals surface area contributed by atoms with Crippen LogP contribution in [-0.2, 0) is 5.41 Å². The van der Waals surface area contributed by atoms with E-state index in [1.54, 1.807) is 6.20 Å². The molecule has 0 aliphatic carbocycles. The van der Waals surface area contributed by atoms with E-state index in [1.807, 2.05) is 0 Å². The molecule has 0 radical (unpaired) electrons. The molecular formula is C16H25N. The number of hydrogen-bond acceptors (Lipinski definition) is 1. The highest BCUT2D eigenvalue weighted by Crippen LogP contribution is 2.35. The maximum atomic E-state index is 3.78. The average Bonchev–Trinajstić information content (AvgIpc) is 2.15. The average molecular weight is 231 g/mol. The van der Waals surface area contributed by atoms with Gasteiger partial charge >= 0.3 is 0 Å². The predicted molar refractivity (Wildman–Crippen MR) is 76.4 cm³/mol. The molecule has 0 atom stereocenters. The van der Waals surface area contributed by atoms with E-state index in [1.165, 1.54) is 16.7 Å². The smallest absolute Gasteiger partial charge is 0.0402 e. The van der Waals surface area contributed by atoms with Crippen LogP contribution in [-0.4, -0.2) is 5.54 Å². The molecule has 0 aliphatic heterocycles. The predicted octanol–water partition coefficient (Wildman–Crippen LogP) is 4.09. The molecule has 0 heterocycles. The highest BCUT2D eigenvalue weighted by atomic mass is 15.0. The Morgan fingerprint density at radius 3 is 1.88 bits per heavy atom. The fourth-order valence-electron chi connectivity index (χ4n) is 2.13. The molecule has 1 rings (SSSR count). The number of aryl methyl sites for hydroxylation is 2. The topological polar surface area (TPSA) is 12.0 Å². The summed E-state index contributed by atoms with van der Waals surface area (Å²) in [5, 5.41) is 3.36. The highest BCUT2D eigenvalue weighted by molar-refractivity contribution is 5.35. The Morgan fingerprint density at radius 1 is 1.00 bits per heavy atom. The lowest BCUT2D eigenvalue weighted by molar-refractivity contribution is 0.265. The van der Waals surface area contributed by atoms with E-state index >= 15 is 0 Å². The van der Waals surface area contributed by atoms with Gasteiger partial charge in [0.25, 0.3) is 0 Å². The van der Waals surface area contributed by atoms with Crippen LogP contribution in [0.3, 0.4) is 0 Å². The Bertz CT molecular complexity index is 393. The summed E-state index contributed by atoms with van der Waals surface area (Å²) < 4.78 is 0. The summed E-state index contributed by atoms with van der Waals surface area (Å²) in [4.78, 5) is 0.